The Hall–Kier alpha value is -0.160. The maximum atomic E-state index is 6.46. The van der Waals surface area contributed by atoms with E-state index in [1.165, 1.54) is 58.2 Å². The van der Waals surface area contributed by atoms with Gasteiger partial charge in [0.1, 0.15) is 0 Å². The summed E-state index contributed by atoms with van der Waals surface area (Å²) in [6.45, 7) is 6.86. The molecule has 118 valence electrons. The van der Waals surface area contributed by atoms with E-state index in [9.17, 15) is 0 Å². The van der Waals surface area contributed by atoms with Crippen molar-refractivity contribution in [2.24, 2.45) is 23.3 Å². The lowest BCUT2D eigenvalue weighted by Crippen LogP contribution is -2.44. The summed E-state index contributed by atoms with van der Waals surface area (Å²) in [7, 11) is 0. The zero-order valence-electron chi connectivity index (χ0n) is 13.0. The lowest BCUT2D eigenvalue weighted by molar-refractivity contribution is 0.200. The molecule has 2 unspecified atom stereocenters. The van der Waals surface area contributed by atoms with Crippen molar-refractivity contribution in [2.75, 3.05) is 39.3 Å². The molecule has 0 bridgehead atoms. The summed E-state index contributed by atoms with van der Waals surface area (Å²) >= 11 is 0. The van der Waals surface area contributed by atoms with Crippen LogP contribution in [0.5, 0.6) is 0 Å². The van der Waals surface area contributed by atoms with Gasteiger partial charge in [0, 0.05) is 6.04 Å². The van der Waals surface area contributed by atoms with Gasteiger partial charge in [-0.05, 0) is 89.6 Å². The Morgan fingerprint density at radius 2 is 1.80 bits per heavy atom. The zero-order valence-corrected chi connectivity index (χ0v) is 13.0. The maximum absolute atomic E-state index is 6.46. The highest BCUT2D eigenvalue weighted by molar-refractivity contribution is 4.83. The minimum atomic E-state index is 0.299. The van der Waals surface area contributed by atoms with Crippen molar-refractivity contribution < 1.29 is 0 Å². The van der Waals surface area contributed by atoms with Gasteiger partial charge < -0.3 is 21.7 Å². The summed E-state index contributed by atoms with van der Waals surface area (Å²) in [6, 6.07) is 0.299. The molecule has 0 spiro atoms. The fourth-order valence-corrected chi connectivity index (χ4v) is 3.94. The van der Waals surface area contributed by atoms with Gasteiger partial charge >= 0.3 is 0 Å². The second-order valence-corrected chi connectivity index (χ2v) is 6.70. The van der Waals surface area contributed by atoms with E-state index < -0.39 is 0 Å². The van der Waals surface area contributed by atoms with Gasteiger partial charge in [0.25, 0.3) is 0 Å². The first-order valence-corrected chi connectivity index (χ1v) is 8.70. The molecule has 2 rings (SSSR count). The number of piperidine rings is 2. The molecule has 2 atom stereocenters. The fourth-order valence-electron chi connectivity index (χ4n) is 3.94. The first-order chi connectivity index (χ1) is 9.81. The summed E-state index contributed by atoms with van der Waals surface area (Å²) in [5.74, 6) is 1.27. The van der Waals surface area contributed by atoms with Gasteiger partial charge in [-0.25, -0.2) is 0 Å². The highest BCUT2D eigenvalue weighted by Gasteiger charge is 2.27. The van der Waals surface area contributed by atoms with Crippen LogP contribution in [-0.2, 0) is 0 Å². The molecule has 5 N–H and O–H groups in total. The van der Waals surface area contributed by atoms with E-state index >= 15 is 0 Å². The van der Waals surface area contributed by atoms with Gasteiger partial charge in [-0.2, -0.15) is 0 Å². The number of hydrogen-bond acceptors (Lipinski definition) is 4. The van der Waals surface area contributed by atoms with E-state index in [0.717, 1.165) is 32.0 Å². The smallest absolute Gasteiger partial charge is 0.00823 e. The van der Waals surface area contributed by atoms with Crippen LogP contribution in [0.4, 0.5) is 0 Å². The topological polar surface area (TPSA) is 67.3 Å². The third-order valence-corrected chi connectivity index (χ3v) is 5.27. The van der Waals surface area contributed by atoms with Crippen molar-refractivity contribution in [3.05, 3.63) is 0 Å². The average Bonchev–Trinajstić information content (AvgIpc) is 2.50. The second kappa shape index (κ2) is 8.98. The van der Waals surface area contributed by atoms with Crippen LogP contribution in [0.3, 0.4) is 0 Å². The molecule has 20 heavy (non-hydrogen) atoms. The molecular weight excluding hydrogens is 248 g/mol. The lowest BCUT2D eigenvalue weighted by atomic mass is 9.79. The summed E-state index contributed by atoms with van der Waals surface area (Å²) in [5.41, 5.74) is 12.5. The van der Waals surface area contributed by atoms with Crippen LogP contribution in [0.1, 0.15) is 44.9 Å². The van der Waals surface area contributed by atoms with Crippen molar-refractivity contribution in [3.8, 4) is 0 Å². The third kappa shape index (κ3) is 4.99. The third-order valence-electron chi connectivity index (χ3n) is 5.27. The van der Waals surface area contributed by atoms with Gasteiger partial charge in [0.15, 0.2) is 0 Å². The van der Waals surface area contributed by atoms with Crippen molar-refractivity contribution in [1.29, 1.82) is 0 Å². The Morgan fingerprint density at radius 1 is 1.10 bits per heavy atom. The monoisotopic (exact) mass is 282 g/mol. The normalized spacial score (nSPS) is 25.5. The van der Waals surface area contributed by atoms with E-state index in [4.69, 9.17) is 11.5 Å². The van der Waals surface area contributed by atoms with Crippen LogP contribution in [0.15, 0.2) is 0 Å². The Labute approximate surface area is 124 Å². The molecule has 0 aromatic heterocycles. The Kier molecular flexibility index (Phi) is 7.28. The molecule has 0 radical (unpaired) electrons. The number of nitrogens with one attached hydrogen (secondary N) is 1. The van der Waals surface area contributed by atoms with Crippen LogP contribution in [-0.4, -0.2) is 50.2 Å². The van der Waals surface area contributed by atoms with Gasteiger partial charge in [-0.15, -0.1) is 0 Å². The molecular formula is C16H34N4. The van der Waals surface area contributed by atoms with Crippen molar-refractivity contribution >= 4 is 0 Å². The number of nitrogens with two attached hydrogens (primary N) is 2. The molecule has 2 aliphatic heterocycles. The van der Waals surface area contributed by atoms with Crippen LogP contribution >= 0.6 is 0 Å². The highest BCUT2D eigenvalue weighted by atomic mass is 15.1. The van der Waals surface area contributed by atoms with Gasteiger partial charge in [-0.1, -0.05) is 6.42 Å². The van der Waals surface area contributed by atoms with Gasteiger partial charge in [-0.3, -0.25) is 0 Å². The summed E-state index contributed by atoms with van der Waals surface area (Å²) in [6.07, 6.45) is 9.06. The summed E-state index contributed by atoms with van der Waals surface area (Å²) in [4.78, 5) is 2.61. The van der Waals surface area contributed by atoms with Crippen LogP contribution in [0.2, 0.25) is 0 Å². The SMILES string of the molecule is NCC(C(N)CCCN1CCCCC1)C1CCNCC1. The molecule has 0 aliphatic carbocycles. The predicted octanol–water partition coefficient (Wildman–Crippen LogP) is 1.15. The van der Waals surface area contributed by atoms with E-state index in [2.05, 4.69) is 10.2 Å². The van der Waals surface area contributed by atoms with E-state index in [-0.39, 0.29) is 0 Å². The standard InChI is InChI=1S/C16H34N4/c17-13-15(14-6-8-19-9-7-14)16(18)5-4-12-20-10-2-1-3-11-20/h14-16,19H,1-13,17-18H2. The van der Waals surface area contributed by atoms with Crippen LogP contribution in [0, 0.1) is 11.8 Å². The number of hydrogen-bond donors (Lipinski definition) is 3. The zero-order chi connectivity index (χ0) is 14.2. The molecule has 4 nitrogen and oxygen atoms in total. The van der Waals surface area contributed by atoms with Crippen molar-refractivity contribution in [3.63, 3.8) is 0 Å². The average molecular weight is 282 g/mol. The molecule has 0 aromatic rings. The highest BCUT2D eigenvalue weighted by Crippen LogP contribution is 2.25. The quantitative estimate of drug-likeness (QED) is 0.655. The molecule has 4 heteroatoms. The van der Waals surface area contributed by atoms with Gasteiger partial charge in [0.2, 0.25) is 0 Å². The minimum absolute atomic E-state index is 0.299. The number of rotatable bonds is 7. The van der Waals surface area contributed by atoms with Gasteiger partial charge in [0.05, 0.1) is 0 Å². The molecule has 0 saturated carbocycles. The molecule has 2 fully saturated rings. The Morgan fingerprint density at radius 3 is 2.45 bits per heavy atom. The summed E-state index contributed by atoms with van der Waals surface area (Å²) < 4.78 is 0. The Bertz CT molecular complexity index is 247. The van der Waals surface area contributed by atoms with E-state index in [1.54, 1.807) is 0 Å². The first kappa shape index (κ1) is 16.2. The number of nitrogens with zero attached hydrogens (tertiary/aromatic N) is 1. The van der Waals surface area contributed by atoms with Crippen molar-refractivity contribution in [2.45, 2.75) is 51.0 Å². The van der Waals surface area contributed by atoms with Crippen LogP contribution < -0.4 is 16.8 Å². The molecule has 0 aromatic carbocycles. The molecule has 2 heterocycles. The maximum Gasteiger partial charge on any atom is 0.00823 e. The largest absolute Gasteiger partial charge is 0.330 e. The van der Waals surface area contributed by atoms with Crippen molar-refractivity contribution in [1.82, 2.24) is 10.2 Å². The first-order valence-electron chi connectivity index (χ1n) is 8.70. The lowest BCUT2D eigenvalue weighted by Gasteiger charge is -2.34. The molecule has 2 aliphatic rings. The van der Waals surface area contributed by atoms with E-state index in [0.29, 0.717) is 12.0 Å². The van der Waals surface area contributed by atoms with E-state index in [1.807, 2.05) is 0 Å². The molecule has 2 saturated heterocycles. The number of likely N-dealkylation sites (tertiary alicyclic amines) is 1. The predicted molar refractivity (Wildman–Crippen MR) is 85.6 cm³/mol. The molecule has 0 amide bonds. The second-order valence-electron chi connectivity index (χ2n) is 6.70. The minimum Gasteiger partial charge on any atom is -0.330 e. The summed E-state index contributed by atoms with van der Waals surface area (Å²) in [5, 5.41) is 3.43. The van der Waals surface area contributed by atoms with Crippen LogP contribution in [0.25, 0.3) is 0 Å². The Balaban J connectivity index is 1.67. The fraction of sp³-hybridized carbons (Fsp3) is 1.00.